The van der Waals surface area contributed by atoms with Crippen LogP contribution in [0.1, 0.15) is 413 Å². The molecule has 0 N–H and O–H groups in total. The Morgan fingerprint density at radius 1 is 0.248 bits per heavy atom. The van der Waals surface area contributed by atoms with Gasteiger partial charge in [-0.25, -0.2) is 0 Å². The molecule has 113 heavy (non-hydrogen) atoms. The number of carbonyl (C=O) groups is 8. The van der Waals surface area contributed by atoms with Gasteiger partial charge in [-0.2, -0.15) is 0 Å². The fourth-order valence-electron chi connectivity index (χ4n) is 16.4. The molecular weight excluding hydrogens is 1410 g/mol. The maximum atomic E-state index is 14.4. The van der Waals surface area contributed by atoms with Gasteiger partial charge in [-0.15, -0.1) is 0 Å². The van der Waals surface area contributed by atoms with Gasteiger partial charge in [0.15, 0.2) is 0 Å². The molecule has 0 saturated carbocycles. The first-order valence-electron chi connectivity index (χ1n) is 47.7. The molecule has 0 aromatic heterocycles. The topological polar surface area (TPSA) is 186 Å². The molecule has 4 rings (SSSR count). The number of nitrogens with zero attached hydrogens (tertiary/aromatic N) is 4. The number of unbranched alkanes of at least 4 members (excludes halogenated alkanes) is 48. The molecule has 648 valence electrons. The molecule has 4 saturated heterocycles. The number of esters is 4. The number of allylic oxidation sites excluding steroid dienone is 8. The van der Waals surface area contributed by atoms with Crippen molar-refractivity contribution in [3.63, 3.8) is 0 Å². The van der Waals surface area contributed by atoms with E-state index in [1.165, 1.54) is 231 Å². The molecule has 0 aliphatic carbocycles. The second-order valence-corrected chi connectivity index (χ2v) is 34.6. The van der Waals surface area contributed by atoms with E-state index in [9.17, 15) is 38.4 Å². The molecule has 4 unspecified atom stereocenters. The summed E-state index contributed by atoms with van der Waals surface area (Å²) >= 11 is 0. The molecule has 4 fully saturated rings. The summed E-state index contributed by atoms with van der Waals surface area (Å²) < 4.78 is 24.7. The van der Waals surface area contributed by atoms with Crippen molar-refractivity contribution in [1.29, 1.82) is 0 Å². The largest absolute Gasteiger partial charge is 0.464 e. The van der Waals surface area contributed by atoms with E-state index in [2.05, 4.69) is 76.3 Å². The molecule has 4 atom stereocenters. The van der Waals surface area contributed by atoms with Gasteiger partial charge in [-0.1, -0.05) is 307 Å². The Hall–Kier alpha value is -5.28. The Morgan fingerprint density at radius 3 is 0.566 bits per heavy atom. The van der Waals surface area contributed by atoms with Crippen LogP contribution in [0.3, 0.4) is 0 Å². The zero-order valence-corrected chi connectivity index (χ0v) is 73.0. The Balaban J connectivity index is 1.39. The van der Waals surface area contributed by atoms with Crippen LogP contribution in [-0.4, -0.2) is 146 Å². The number of carbonyl (C=O) groups excluding carboxylic acids is 8. The van der Waals surface area contributed by atoms with E-state index in [-0.39, 0.29) is 75.5 Å². The quantitative estimate of drug-likeness (QED) is 0.0243. The van der Waals surface area contributed by atoms with Crippen molar-refractivity contribution in [2.24, 2.45) is 29.1 Å². The number of hydrogen-bond donors (Lipinski definition) is 0. The van der Waals surface area contributed by atoms with Crippen molar-refractivity contribution < 1.29 is 57.3 Å². The van der Waals surface area contributed by atoms with E-state index < -0.39 is 79.4 Å². The number of likely N-dealkylation sites (tertiary alicyclic amines) is 4. The summed E-state index contributed by atoms with van der Waals surface area (Å²) in [5.74, 6) is -6.24. The van der Waals surface area contributed by atoms with Gasteiger partial charge in [-0.05, 0) is 128 Å². The van der Waals surface area contributed by atoms with Crippen molar-refractivity contribution in [2.75, 3.05) is 78.8 Å². The zero-order valence-electron chi connectivity index (χ0n) is 73.0. The van der Waals surface area contributed by atoms with Gasteiger partial charge in [-0.3, -0.25) is 38.4 Å². The normalized spacial score (nSPS) is 18.0. The van der Waals surface area contributed by atoms with Crippen molar-refractivity contribution in [1.82, 2.24) is 19.6 Å². The first kappa shape index (κ1) is 100. The van der Waals surface area contributed by atoms with Gasteiger partial charge in [0.25, 0.3) is 0 Å². The molecule has 16 nitrogen and oxygen atoms in total. The number of amides is 4. The minimum absolute atomic E-state index is 0.0342. The molecule has 0 radical (unpaired) electrons. The predicted molar refractivity (Wildman–Crippen MR) is 463 cm³/mol. The fraction of sp³-hybridized carbons (Fsp3) is 0.835. The average molecular weight is 1580 g/mol. The molecule has 4 heterocycles. The highest BCUT2D eigenvalue weighted by Crippen LogP contribution is 2.31. The fourth-order valence-corrected chi connectivity index (χ4v) is 16.4. The first-order chi connectivity index (χ1) is 55.3. The monoisotopic (exact) mass is 1580 g/mol. The molecule has 4 aliphatic heterocycles. The SMILES string of the molecule is CCCCCCCC/C=C\CCCCCCCCN1CC(C(=O)OCC(COC(=O)C2CC(=O)N(CCCCCCCC/C=C\CCCCCCCC)C2)(COC(=O)C2CC(=O)N(CCCCCCCC/C=C\CCCCCCCC)C2)COC(=O)C2CC(=O)N(CCCCCCCC/C=C\CCCCCCCC)C2)CC1=O. The smallest absolute Gasteiger partial charge is 0.311 e. The maximum Gasteiger partial charge on any atom is 0.311 e. The van der Waals surface area contributed by atoms with E-state index in [0.29, 0.717) is 26.2 Å². The van der Waals surface area contributed by atoms with Crippen molar-refractivity contribution in [3.8, 4) is 0 Å². The van der Waals surface area contributed by atoms with E-state index in [0.717, 1.165) is 128 Å². The number of hydrogen-bond acceptors (Lipinski definition) is 12. The van der Waals surface area contributed by atoms with Crippen LogP contribution >= 0.6 is 0 Å². The van der Waals surface area contributed by atoms with Crippen molar-refractivity contribution in [3.05, 3.63) is 48.6 Å². The predicted octanol–water partition coefficient (Wildman–Crippen LogP) is 23.7. The summed E-state index contributed by atoms with van der Waals surface area (Å²) in [6.07, 6.45) is 84.7. The Labute approximate surface area is 690 Å². The zero-order chi connectivity index (χ0) is 81.1. The van der Waals surface area contributed by atoms with Gasteiger partial charge in [0.1, 0.15) is 31.8 Å². The van der Waals surface area contributed by atoms with Crippen LogP contribution < -0.4 is 0 Å². The average Bonchev–Trinajstić information content (AvgIpc) is 1.81. The third-order valence-electron chi connectivity index (χ3n) is 24.0. The molecule has 0 aromatic carbocycles. The Morgan fingerprint density at radius 2 is 0.398 bits per heavy atom. The summed E-state index contributed by atoms with van der Waals surface area (Å²) in [6, 6.07) is 0. The van der Waals surface area contributed by atoms with Gasteiger partial charge < -0.3 is 38.5 Å². The highest BCUT2D eigenvalue weighted by molar-refractivity contribution is 5.89. The molecule has 4 aliphatic rings. The Bertz CT molecular complexity index is 2270. The van der Waals surface area contributed by atoms with Crippen LogP contribution in [0.5, 0.6) is 0 Å². The molecule has 16 heteroatoms. The van der Waals surface area contributed by atoms with Crippen LogP contribution in [0.15, 0.2) is 48.6 Å². The maximum absolute atomic E-state index is 14.4. The lowest BCUT2D eigenvalue weighted by Crippen LogP contribution is -2.45. The lowest BCUT2D eigenvalue weighted by molar-refractivity contribution is -0.176. The highest BCUT2D eigenvalue weighted by Gasteiger charge is 2.45. The van der Waals surface area contributed by atoms with Crippen LogP contribution in [0.4, 0.5) is 0 Å². The summed E-state index contributed by atoms with van der Waals surface area (Å²) in [7, 11) is 0. The minimum atomic E-state index is -1.66. The third kappa shape index (κ3) is 48.9. The van der Waals surface area contributed by atoms with Gasteiger partial charge >= 0.3 is 23.9 Å². The van der Waals surface area contributed by atoms with Crippen LogP contribution in [0, 0.1) is 29.1 Å². The van der Waals surface area contributed by atoms with Crippen molar-refractivity contribution >= 4 is 47.5 Å². The molecule has 0 aromatic rings. The number of ether oxygens (including phenoxy) is 4. The summed E-state index contributed by atoms with van der Waals surface area (Å²) in [5.41, 5.74) is -1.66. The molecule has 0 bridgehead atoms. The molecule has 4 amide bonds. The van der Waals surface area contributed by atoms with Gasteiger partial charge in [0.05, 0.1) is 23.7 Å². The lowest BCUT2D eigenvalue weighted by Gasteiger charge is -2.33. The molecular formula is C97H168N4O12. The summed E-state index contributed by atoms with van der Waals surface area (Å²) in [5, 5.41) is 0. The highest BCUT2D eigenvalue weighted by atomic mass is 16.6. The summed E-state index contributed by atoms with van der Waals surface area (Å²) in [6.45, 7) is 9.85. The summed E-state index contributed by atoms with van der Waals surface area (Å²) in [4.78, 5) is 119. The molecule has 0 spiro atoms. The van der Waals surface area contributed by atoms with Gasteiger partial charge in [0, 0.05) is 78.0 Å². The van der Waals surface area contributed by atoms with E-state index in [1.807, 2.05) is 0 Å². The first-order valence-corrected chi connectivity index (χ1v) is 47.7. The van der Waals surface area contributed by atoms with E-state index >= 15 is 0 Å². The van der Waals surface area contributed by atoms with Crippen LogP contribution in [0.25, 0.3) is 0 Å². The van der Waals surface area contributed by atoms with Crippen LogP contribution in [0.2, 0.25) is 0 Å². The van der Waals surface area contributed by atoms with E-state index in [1.54, 1.807) is 19.6 Å². The second-order valence-electron chi connectivity index (χ2n) is 34.6. The van der Waals surface area contributed by atoms with Crippen LogP contribution in [-0.2, 0) is 57.3 Å². The minimum Gasteiger partial charge on any atom is -0.464 e. The van der Waals surface area contributed by atoms with E-state index in [4.69, 9.17) is 18.9 Å². The number of rotatable bonds is 76. The Kier molecular flexibility index (Phi) is 60.0. The van der Waals surface area contributed by atoms with Crippen molar-refractivity contribution in [2.45, 2.75) is 413 Å². The standard InChI is InChI=1S/C97H168N4O12/c1-5-9-13-17-21-25-29-33-37-41-45-49-53-57-61-65-69-98-77-85(73-89(98)102)93(106)110-81-97(82-111-94(107)86-74-90(103)99(78-86)70-66-62-58-54-50-46-42-38-34-30-26-22-18-14-10-6-2,83-112-95(108)87-75-91(104)100(79-87)71-67-63-59-55-51-47-43-39-35-31-27-23-19-15-11-7-3)84-113-96(109)88-76-92(105)101(80-88)72-68-64-60-56-52-48-44-40-36-32-28-24-20-16-12-8-4/h33-40,85-88H,5-32,41-84H2,1-4H3/b37-33-,38-34-,39-35-,40-36-. The second kappa shape index (κ2) is 67.7. The lowest BCUT2D eigenvalue weighted by atomic mass is 9.91. The third-order valence-corrected chi connectivity index (χ3v) is 24.0. The van der Waals surface area contributed by atoms with Gasteiger partial charge in [0.2, 0.25) is 23.6 Å².